The van der Waals surface area contributed by atoms with Crippen LogP contribution in [0.3, 0.4) is 0 Å². The molecular formula is C58H52BNS. The monoisotopic (exact) mass is 805 g/mol. The van der Waals surface area contributed by atoms with Gasteiger partial charge >= 0.3 is 0 Å². The Morgan fingerprint density at radius 1 is 0.623 bits per heavy atom. The number of hydrogen-bond donors (Lipinski definition) is 0. The molecule has 0 amide bonds. The molecule has 3 heteroatoms. The number of nitrogens with zero attached hydrogens (tertiary/aromatic N) is 1. The van der Waals surface area contributed by atoms with Gasteiger partial charge in [-0.15, -0.1) is 11.3 Å². The van der Waals surface area contributed by atoms with Crippen LogP contribution in [-0.2, 0) is 16.2 Å². The minimum absolute atomic E-state index is 0.106. The topological polar surface area (TPSA) is 3.24 Å². The number of allylic oxidation sites excluding steroid dienone is 4. The summed E-state index contributed by atoms with van der Waals surface area (Å²) in [6.07, 6.45) is 11.8. The number of thiophene rings is 1. The maximum Gasteiger partial charge on any atom is 0.142 e. The maximum absolute atomic E-state index is 2.61. The van der Waals surface area contributed by atoms with Crippen molar-refractivity contribution in [2.75, 3.05) is 4.90 Å². The zero-order valence-corrected chi connectivity index (χ0v) is 37.1. The fourth-order valence-electron chi connectivity index (χ4n) is 11.0. The van der Waals surface area contributed by atoms with Crippen LogP contribution in [0.1, 0.15) is 82.6 Å². The van der Waals surface area contributed by atoms with E-state index in [2.05, 4.69) is 211 Å². The van der Waals surface area contributed by atoms with Gasteiger partial charge in [0.1, 0.15) is 7.85 Å². The van der Waals surface area contributed by atoms with E-state index in [4.69, 9.17) is 0 Å². The van der Waals surface area contributed by atoms with Gasteiger partial charge in [0.25, 0.3) is 0 Å². The average Bonchev–Trinajstić information content (AvgIpc) is 3.67. The number of fused-ring (bicyclic) bond motifs is 11. The fraction of sp³-hybridized carbons (Fsp3) is 0.207. The van der Waals surface area contributed by atoms with Crippen molar-refractivity contribution in [3.8, 4) is 33.4 Å². The van der Waals surface area contributed by atoms with Crippen molar-refractivity contribution in [2.24, 2.45) is 0 Å². The summed E-state index contributed by atoms with van der Waals surface area (Å²) in [6, 6.07) is 55.5. The Morgan fingerprint density at radius 2 is 1.31 bits per heavy atom. The molecule has 2 heterocycles. The Balaban J connectivity index is 1.33. The highest BCUT2D eigenvalue weighted by Crippen LogP contribution is 2.57. The Labute approximate surface area is 366 Å². The second kappa shape index (κ2) is 14.1. The number of para-hydroxylation sites is 2. The van der Waals surface area contributed by atoms with E-state index < -0.39 is 5.41 Å². The lowest BCUT2D eigenvalue weighted by molar-refractivity contribution is 0.332. The van der Waals surface area contributed by atoms with Crippen LogP contribution in [0.15, 0.2) is 169 Å². The lowest BCUT2D eigenvalue weighted by Gasteiger charge is -2.42. The van der Waals surface area contributed by atoms with E-state index in [9.17, 15) is 0 Å². The van der Waals surface area contributed by atoms with Gasteiger partial charge < -0.3 is 4.90 Å². The van der Waals surface area contributed by atoms with Crippen molar-refractivity contribution in [3.05, 3.63) is 192 Å². The van der Waals surface area contributed by atoms with Gasteiger partial charge in [-0.05, 0) is 142 Å². The highest BCUT2D eigenvalue weighted by Gasteiger charge is 2.40. The van der Waals surface area contributed by atoms with Gasteiger partial charge in [0, 0.05) is 42.5 Å². The summed E-state index contributed by atoms with van der Waals surface area (Å²) in [4.78, 5) is 2.60. The first kappa shape index (κ1) is 38.1. The standard InChI is InChI=1S/C58H52BNS/c1-56(2)31-32-57(3,4)48-36-51-44(35-47(48)56)53-50(61-51)30-29-42-43-27-18-28-46(58(5,39-21-12-7-13-22-39)40-23-14-8-15-24-40)55(43)60(41-25-16-9-17-26-41)49-34-38(37-19-10-6-11-20-37)33-45(52(42)53)54(49)59/h6-7,9-14,16-30,33-36H,8,15,31-32,59H2,1-5H3. The van der Waals surface area contributed by atoms with E-state index in [-0.39, 0.29) is 10.8 Å². The van der Waals surface area contributed by atoms with E-state index >= 15 is 0 Å². The molecule has 1 nitrogen and oxygen atoms in total. The van der Waals surface area contributed by atoms with Crippen LogP contribution in [0.5, 0.6) is 0 Å². The van der Waals surface area contributed by atoms with E-state index in [1.807, 2.05) is 11.3 Å². The smallest absolute Gasteiger partial charge is 0.142 e. The molecule has 7 aromatic carbocycles. The summed E-state index contributed by atoms with van der Waals surface area (Å²) in [6.45, 7) is 12.3. The average molecular weight is 806 g/mol. The number of anilines is 3. The molecule has 8 aromatic rings. The van der Waals surface area contributed by atoms with E-state index in [0.717, 1.165) is 18.5 Å². The maximum atomic E-state index is 2.61. The van der Waals surface area contributed by atoms with E-state index in [0.29, 0.717) is 0 Å². The third-order valence-corrected chi connectivity index (χ3v) is 15.8. The normalized spacial score (nSPS) is 17.1. The molecule has 0 fully saturated rings. The molecule has 1 aliphatic heterocycles. The molecule has 61 heavy (non-hydrogen) atoms. The Hall–Kier alpha value is -5.90. The minimum Gasteiger partial charge on any atom is -0.310 e. The lowest BCUT2D eigenvalue weighted by Crippen LogP contribution is -2.33. The van der Waals surface area contributed by atoms with Crippen LogP contribution in [-0.4, -0.2) is 7.85 Å². The second-order valence-corrected chi connectivity index (χ2v) is 20.2. The highest BCUT2D eigenvalue weighted by atomic mass is 32.1. The van der Waals surface area contributed by atoms with Crippen molar-refractivity contribution in [2.45, 2.75) is 76.5 Å². The third kappa shape index (κ3) is 5.88. The van der Waals surface area contributed by atoms with E-state index in [1.54, 1.807) is 0 Å². The second-order valence-electron chi connectivity index (χ2n) is 19.2. The molecule has 2 bridgehead atoms. The molecule has 3 aliphatic rings. The lowest BCUT2D eigenvalue weighted by atomic mass is 9.63. The molecule has 0 spiro atoms. The zero-order valence-electron chi connectivity index (χ0n) is 36.3. The molecule has 0 saturated carbocycles. The first-order valence-corrected chi connectivity index (χ1v) is 23.0. The van der Waals surface area contributed by atoms with Crippen LogP contribution in [0.2, 0.25) is 0 Å². The zero-order chi connectivity index (χ0) is 41.7. The van der Waals surface area contributed by atoms with Gasteiger partial charge in [-0.25, -0.2) is 0 Å². The third-order valence-electron chi connectivity index (χ3n) is 14.6. The van der Waals surface area contributed by atoms with Gasteiger partial charge in [0.05, 0.1) is 5.69 Å². The van der Waals surface area contributed by atoms with Gasteiger partial charge in [-0.1, -0.05) is 155 Å². The summed E-state index contributed by atoms with van der Waals surface area (Å²) in [5.74, 6) is 0. The first-order valence-electron chi connectivity index (χ1n) is 22.2. The van der Waals surface area contributed by atoms with Crippen LogP contribution in [0.25, 0.3) is 53.6 Å². The Morgan fingerprint density at radius 3 is 2.02 bits per heavy atom. The van der Waals surface area contributed by atoms with Crippen molar-refractivity contribution >= 4 is 61.9 Å². The molecule has 1 aromatic heterocycles. The fourth-order valence-corrected chi connectivity index (χ4v) is 12.2. The van der Waals surface area contributed by atoms with Gasteiger partial charge in [0.15, 0.2) is 0 Å². The Kier molecular flexibility index (Phi) is 8.78. The number of benzene rings is 7. The minimum atomic E-state index is -0.444. The predicted molar refractivity (Wildman–Crippen MR) is 267 cm³/mol. The van der Waals surface area contributed by atoms with E-state index in [1.165, 1.54) is 111 Å². The molecule has 0 N–H and O–H groups in total. The summed E-state index contributed by atoms with van der Waals surface area (Å²) >= 11 is 1.97. The largest absolute Gasteiger partial charge is 0.310 e. The van der Waals surface area contributed by atoms with Crippen molar-refractivity contribution in [1.82, 2.24) is 0 Å². The van der Waals surface area contributed by atoms with Crippen LogP contribution in [0.4, 0.5) is 17.1 Å². The van der Waals surface area contributed by atoms with Crippen LogP contribution < -0.4 is 10.4 Å². The summed E-state index contributed by atoms with van der Waals surface area (Å²) in [7, 11) is 2.37. The van der Waals surface area contributed by atoms with Crippen LogP contribution >= 0.6 is 11.3 Å². The molecule has 11 rings (SSSR count). The van der Waals surface area contributed by atoms with Crippen LogP contribution in [0, 0.1) is 0 Å². The highest BCUT2D eigenvalue weighted by molar-refractivity contribution is 7.26. The van der Waals surface area contributed by atoms with Gasteiger partial charge in [-0.3, -0.25) is 0 Å². The van der Waals surface area contributed by atoms with Crippen molar-refractivity contribution in [3.63, 3.8) is 0 Å². The van der Waals surface area contributed by atoms with Crippen molar-refractivity contribution in [1.29, 1.82) is 0 Å². The molecule has 2 aliphatic carbocycles. The molecule has 1 unspecified atom stereocenters. The molecule has 298 valence electrons. The summed E-state index contributed by atoms with van der Waals surface area (Å²) in [5.41, 5.74) is 19.3. The Bertz CT molecular complexity index is 3100. The summed E-state index contributed by atoms with van der Waals surface area (Å²) in [5, 5.41) is 2.77. The number of hydrogen-bond acceptors (Lipinski definition) is 2. The summed E-state index contributed by atoms with van der Waals surface area (Å²) < 4.78 is 2.74. The van der Waals surface area contributed by atoms with Gasteiger partial charge in [-0.2, -0.15) is 0 Å². The predicted octanol–water partition coefficient (Wildman–Crippen LogP) is 15.0. The molecule has 0 radical (unpaired) electrons. The molecule has 1 atom stereocenters. The quantitative estimate of drug-likeness (QED) is 0.157. The molecular weight excluding hydrogens is 754 g/mol. The molecule has 0 saturated heterocycles. The number of rotatable bonds is 5. The van der Waals surface area contributed by atoms with Gasteiger partial charge in [0.2, 0.25) is 0 Å². The van der Waals surface area contributed by atoms with Crippen molar-refractivity contribution < 1.29 is 0 Å². The SMILES string of the molecule is Bc1c2cc(-c3ccccc3)cc1N(c1ccccc1)c1c(cccc1C(C)(C1=CCCC=C1)c1ccccc1)-c1ccc3sc4cc5c(cc4c3c1-2)C(C)(C)CCC5(C)C. The first-order chi connectivity index (χ1) is 29.5.